The number of urea groups is 1. The van der Waals surface area contributed by atoms with Gasteiger partial charge in [-0.15, -0.1) is 6.42 Å². The van der Waals surface area contributed by atoms with Crippen molar-refractivity contribution in [2.75, 3.05) is 18.4 Å². The van der Waals surface area contributed by atoms with Crippen molar-refractivity contribution in [1.29, 1.82) is 0 Å². The van der Waals surface area contributed by atoms with E-state index in [4.69, 9.17) is 34.7 Å². The monoisotopic (exact) mass is 314 g/mol. The van der Waals surface area contributed by atoms with Crippen LogP contribution in [0.4, 0.5) is 10.5 Å². The van der Waals surface area contributed by atoms with Gasteiger partial charge in [-0.1, -0.05) is 35.2 Å². The molecule has 0 aliphatic carbocycles. The number of carboxylic acid groups (broad SMARTS) is 1. The van der Waals surface area contributed by atoms with Crippen LogP contribution in [-0.4, -0.2) is 35.1 Å². The number of nitrogens with zero attached hydrogens (tertiary/aromatic N) is 1. The molecule has 0 fully saturated rings. The van der Waals surface area contributed by atoms with Gasteiger partial charge in [0.05, 0.1) is 22.3 Å². The summed E-state index contributed by atoms with van der Waals surface area (Å²) < 4.78 is 0. The number of halogens is 2. The Kier molecular flexibility index (Phi) is 5.68. The molecular weight excluding hydrogens is 303 g/mol. The van der Waals surface area contributed by atoms with Gasteiger partial charge in [-0.05, 0) is 18.6 Å². The SMILES string of the molecule is C#CCN(CC(=O)O)C(=O)Nc1c(Cl)ccc(C)c1Cl. The van der Waals surface area contributed by atoms with E-state index in [0.717, 1.165) is 10.5 Å². The lowest BCUT2D eigenvalue weighted by atomic mass is 10.2. The minimum absolute atomic E-state index is 0.140. The third-order valence-electron chi connectivity index (χ3n) is 2.41. The summed E-state index contributed by atoms with van der Waals surface area (Å²) in [6.07, 6.45) is 5.10. The van der Waals surface area contributed by atoms with Crippen molar-refractivity contribution in [3.05, 3.63) is 27.7 Å². The quantitative estimate of drug-likeness (QED) is 0.840. The Balaban J connectivity index is 2.97. The summed E-state index contributed by atoms with van der Waals surface area (Å²) in [7, 11) is 0. The number of aliphatic carboxylic acids is 1. The van der Waals surface area contributed by atoms with Gasteiger partial charge < -0.3 is 15.3 Å². The number of terminal acetylenes is 1. The Labute approximate surface area is 126 Å². The van der Waals surface area contributed by atoms with Gasteiger partial charge in [-0.3, -0.25) is 4.79 Å². The molecule has 0 atom stereocenters. The summed E-state index contributed by atoms with van der Waals surface area (Å²) in [4.78, 5) is 23.6. The molecule has 0 saturated heterocycles. The highest BCUT2D eigenvalue weighted by Crippen LogP contribution is 2.32. The van der Waals surface area contributed by atoms with E-state index in [1.807, 2.05) is 0 Å². The number of hydrogen-bond acceptors (Lipinski definition) is 2. The summed E-state index contributed by atoms with van der Waals surface area (Å²) in [6, 6.07) is 2.61. The van der Waals surface area contributed by atoms with Crippen LogP contribution in [0.15, 0.2) is 12.1 Å². The molecule has 0 aliphatic rings. The van der Waals surface area contributed by atoms with Gasteiger partial charge in [0.1, 0.15) is 6.54 Å². The van der Waals surface area contributed by atoms with E-state index < -0.39 is 18.5 Å². The molecule has 106 valence electrons. The number of aryl methyl sites for hydroxylation is 1. The van der Waals surface area contributed by atoms with Crippen molar-refractivity contribution in [3.8, 4) is 12.3 Å². The highest BCUT2D eigenvalue weighted by molar-refractivity contribution is 6.40. The van der Waals surface area contributed by atoms with Crippen LogP contribution >= 0.6 is 23.2 Å². The zero-order valence-corrected chi connectivity index (χ0v) is 12.1. The minimum atomic E-state index is -1.17. The maximum atomic E-state index is 12.0. The topological polar surface area (TPSA) is 69.6 Å². The van der Waals surface area contributed by atoms with E-state index in [0.29, 0.717) is 5.02 Å². The Morgan fingerprint density at radius 3 is 2.65 bits per heavy atom. The maximum Gasteiger partial charge on any atom is 0.323 e. The summed E-state index contributed by atoms with van der Waals surface area (Å²) in [5, 5.41) is 11.8. The predicted octanol–water partition coefficient (Wildman–Crippen LogP) is 2.85. The lowest BCUT2D eigenvalue weighted by molar-refractivity contribution is -0.137. The number of nitrogens with one attached hydrogen (secondary N) is 1. The van der Waals surface area contributed by atoms with Crippen molar-refractivity contribution in [2.24, 2.45) is 0 Å². The fourth-order valence-electron chi connectivity index (χ4n) is 1.43. The standard InChI is InChI=1S/C13H12Cl2N2O3/c1-3-6-17(7-10(18)19)13(20)16-12-9(14)5-4-8(2)11(12)15/h1,4-5H,6-7H2,2H3,(H,16,20)(H,18,19). The molecule has 0 bridgehead atoms. The van der Waals surface area contributed by atoms with Crippen molar-refractivity contribution in [1.82, 2.24) is 4.90 Å². The van der Waals surface area contributed by atoms with Crippen LogP contribution in [0, 0.1) is 19.3 Å². The van der Waals surface area contributed by atoms with Gasteiger partial charge in [-0.25, -0.2) is 4.79 Å². The van der Waals surface area contributed by atoms with Crippen molar-refractivity contribution in [2.45, 2.75) is 6.92 Å². The first-order valence-corrected chi connectivity index (χ1v) is 6.28. The Hall–Kier alpha value is -1.90. The molecule has 2 amide bonds. The normalized spacial score (nSPS) is 9.70. The highest BCUT2D eigenvalue weighted by Gasteiger charge is 2.18. The van der Waals surface area contributed by atoms with E-state index >= 15 is 0 Å². The van der Waals surface area contributed by atoms with Crippen LogP contribution < -0.4 is 5.32 Å². The summed E-state index contributed by atoms with van der Waals surface area (Å²) >= 11 is 12.0. The van der Waals surface area contributed by atoms with E-state index in [2.05, 4.69) is 11.2 Å². The molecule has 7 heteroatoms. The molecule has 0 spiro atoms. The number of carbonyl (C=O) groups excluding carboxylic acids is 1. The smallest absolute Gasteiger partial charge is 0.323 e. The van der Waals surface area contributed by atoms with Gasteiger partial charge in [-0.2, -0.15) is 0 Å². The molecule has 1 aromatic rings. The van der Waals surface area contributed by atoms with Gasteiger partial charge in [0, 0.05) is 0 Å². The average molecular weight is 315 g/mol. The van der Waals surface area contributed by atoms with Crippen molar-refractivity contribution in [3.63, 3.8) is 0 Å². The molecule has 5 nitrogen and oxygen atoms in total. The number of anilines is 1. The zero-order valence-electron chi connectivity index (χ0n) is 10.6. The molecule has 0 saturated carbocycles. The Bertz CT molecular complexity index is 582. The molecule has 1 rings (SSSR count). The number of carboxylic acids is 1. The van der Waals surface area contributed by atoms with Crippen LogP contribution in [0.3, 0.4) is 0 Å². The number of benzene rings is 1. The minimum Gasteiger partial charge on any atom is -0.480 e. The number of amides is 2. The van der Waals surface area contributed by atoms with Gasteiger partial charge >= 0.3 is 12.0 Å². The van der Waals surface area contributed by atoms with Crippen molar-refractivity contribution < 1.29 is 14.7 Å². The Morgan fingerprint density at radius 1 is 1.45 bits per heavy atom. The number of rotatable bonds is 4. The van der Waals surface area contributed by atoms with Crippen molar-refractivity contribution >= 4 is 40.9 Å². The molecular formula is C13H12Cl2N2O3. The lowest BCUT2D eigenvalue weighted by Crippen LogP contribution is -2.39. The molecule has 0 unspecified atom stereocenters. The fraction of sp³-hybridized carbons (Fsp3) is 0.231. The van der Waals surface area contributed by atoms with Crippen LogP contribution in [0.1, 0.15) is 5.56 Å². The summed E-state index contributed by atoms with van der Waals surface area (Å²) in [6.45, 7) is 1.10. The third-order valence-corrected chi connectivity index (χ3v) is 3.21. The molecule has 0 aliphatic heterocycles. The first-order valence-electron chi connectivity index (χ1n) is 5.52. The second kappa shape index (κ2) is 7.04. The van der Waals surface area contributed by atoms with Crippen LogP contribution in [-0.2, 0) is 4.79 Å². The van der Waals surface area contributed by atoms with E-state index in [-0.39, 0.29) is 17.3 Å². The summed E-state index contributed by atoms with van der Waals surface area (Å²) in [5.74, 6) is 1.05. The first-order chi connectivity index (χ1) is 9.36. The molecule has 0 aromatic heterocycles. The molecule has 20 heavy (non-hydrogen) atoms. The lowest BCUT2D eigenvalue weighted by Gasteiger charge is -2.20. The van der Waals surface area contributed by atoms with Gasteiger partial charge in [0.25, 0.3) is 0 Å². The average Bonchev–Trinajstić information content (AvgIpc) is 2.38. The summed E-state index contributed by atoms with van der Waals surface area (Å²) in [5.41, 5.74) is 0.957. The first kappa shape index (κ1) is 16.2. The molecule has 1 aromatic carbocycles. The number of hydrogen-bond donors (Lipinski definition) is 2. The maximum absolute atomic E-state index is 12.0. The third kappa shape index (κ3) is 4.05. The fourth-order valence-corrected chi connectivity index (χ4v) is 1.90. The van der Waals surface area contributed by atoms with E-state index in [1.165, 1.54) is 0 Å². The van der Waals surface area contributed by atoms with Crippen LogP contribution in [0.5, 0.6) is 0 Å². The van der Waals surface area contributed by atoms with Gasteiger partial charge in [0.2, 0.25) is 0 Å². The van der Waals surface area contributed by atoms with Gasteiger partial charge in [0.15, 0.2) is 0 Å². The molecule has 2 N–H and O–H groups in total. The predicted molar refractivity (Wildman–Crippen MR) is 78.3 cm³/mol. The van der Waals surface area contributed by atoms with Crippen LogP contribution in [0.25, 0.3) is 0 Å². The highest BCUT2D eigenvalue weighted by atomic mass is 35.5. The van der Waals surface area contributed by atoms with Crippen LogP contribution in [0.2, 0.25) is 10.0 Å². The molecule has 0 radical (unpaired) electrons. The zero-order chi connectivity index (χ0) is 15.3. The second-order valence-corrected chi connectivity index (χ2v) is 4.72. The Morgan fingerprint density at radius 2 is 2.10 bits per heavy atom. The molecule has 0 heterocycles. The second-order valence-electron chi connectivity index (χ2n) is 3.94. The van der Waals surface area contributed by atoms with E-state index in [1.54, 1.807) is 19.1 Å². The largest absolute Gasteiger partial charge is 0.480 e. The van der Waals surface area contributed by atoms with E-state index in [9.17, 15) is 9.59 Å². The number of carbonyl (C=O) groups is 2.